The van der Waals surface area contributed by atoms with Crippen molar-refractivity contribution in [3.05, 3.63) is 0 Å². The van der Waals surface area contributed by atoms with Crippen molar-refractivity contribution in [2.75, 3.05) is 6.54 Å². The zero-order chi connectivity index (χ0) is 9.78. The van der Waals surface area contributed by atoms with Crippen molar-refractivity contribution in [2.24, 2.45) is 5.41 Å². The van der Waals surface area contributed by atoms with Gasteiger partial charge in [0.05, 0.1) is 6.10 Å². The standard InChI is InChI=1S/C10H23NO/c1-8(2)11-7-9(12)6-10(3,4)5/h8-9,11-12H,6-7H2,1-5H3. The van der Waals surface area contributed by atoms with Gasteiger partial charge in [-0.05, 0) is 11.8 Å². The Labute approximate surface area is 76.4 Å². The van der Waals surface area contributed by atoms with Gasteiger partial charge in [0.25, 0.3) is 0 Å². The lowest BCUT2D eigenvalue weighted by Crippen LogP contribution is -2.34. The Morgan fingerprint density at radius 3 is 2.08 bits per heavy atom. The first-order valence-electron chi connectivity index (χ1n) is 4.73. The first-order chi connectivity index (χ1) is 5.31. The molecule has 1 unspecified atom stereocenters. The predicted molar refractivity (Wildman–Crippen MR) is 53.2 cm³/mol. The molecule has 74 valence electrons. The van der Waals surface area contributed by atoms with Crippen LogP contribution in [-0.2, 0) is 0 Å². The molecule has 0 spiro atoms. The Hall–Kier alpha value is -0.0800. The van der Waals surface area contributed by atoms with E-state index in [1.165, 1.54) is 0 Å². The van der Waals surface area contributed by atoms with Gasteiger partial charge in [0.15, 0.2) is 0 Å². The fraction of sp³-hybridized carbons (Fsp3) is 1.00. The van der Waals surface area contributed by atoms with Gasteiger partial charge in [-0.2, -0.15) is 0 Å². The van der Waals surface area contributed by atoms with E-state index in [1.54, 1.807) is 0 Å². The second kappa shape index (κ2) is 4.83. The summed E-state index contributed by atoms with van der Waals surface area (Å²) in [7, 11) is 0. The Morgan fingerprint density at radius 2 is 1.75 bits per heavy atom. The van der Waals surface area contributed by atoms with Crippen LogP contribution in [0.15, 0.2) is 0 Å². The van der Waals surface area contributed by atoms with E-state index in [2.05, 4.69) is 39.9 Å². The van der Waals surface area contributed by atoms with E-state index in [9.17, 15) is 5.11 Å². The topological polar surface area (TPSA) is 32.3 Å². The van der Waals surface area contributed by atoms with E-state index in [0.29, 0.717) is 12.6 Å². The largest absolute Gasteiger partial charge is 0.392 e. The number of aliphatic hydroxyl groups is 1. The lowest BCUT2D eigenvalue weighted by molar-refractivity contribution is 0.117. The average Bonchev–Trinajstić information content (AvgIpc) is 1.79. The Balaban J connectivity index is 3.53. The van der Waals surface area contributed by atoms with Crippen molar-refractivity contribution in [1.82, 2.24) is 5.32 Å². The number of hydrogen-bond donors (Lipinski definition) is 2. The summed E-state index contributed by atoms with van der Waals surface area (Å²) in [6.45, 7) is 11.3. The molecule has 0 aromatic rings. The Bertz CT molecular complexity index is 115. The van der Waals surface area contributed by atoms with Gasteiger partial charge in [-0.25, -0.2) is 0 Å². The lowest BCUT2D eigenvalue weighted by Gasteiger charge is -2.23. The summed E-state index contributed by atoms with van der Waals surface area (Å²) in [4.78, 5) is 0. The van der Waals surface area contributed by atoms with Crippen LogP contribution in [-0.4, -0.2) is 23.8 Å². The first-order valence-corrected chi connectivity index (χ1v) is 4.73. The summed E-state index contributed by atoms with van der Waals surface area (Å²) in [6.07, 6.45) is 0.639. The normalized spacial score (nSPS) is 15.2. The van der Waals surface area contributed by atoms with Crippen LogP contribution in [0.2, 0.25) is 0 Å². The minimum absolute atomic E-state index is 0.215. The third kappa shape index (κ3) is 8.02. The highest BCUT2D eigenvalue weighted by molar-refractivity contribution is 4.70. The molecule has 0 aliphatic heterocycles. The van der Waals surface area contributed by atoms with Crippen LogP contribution in [0.3, 0.4) is 0 Å². The van der Waals surface area contributed by atoms with E-state index in [4.69, 9.17) is 0 Å². The smallest absolute Gasteiger partial charge is 0.0669 e. The molecule has 0 saturated heterocycles. The van der Waals surface area contributed by atoms with Crippen LogP contribution < -0.4 is 5.32 Å². The fourth-order valence-corrected chi connectivity index (χ4v) is 1.15. The van der Waals surface area contributed by atoms with E-state index in [1.807, 2.05) is 0 Å². The van der Waals surface area contributed by atoms with Crippen LogP contribution in [0, 0.1) is 5.41 Å². The highest BCUT2D eigenvalue weighted by atomic mass is 16.3. The third-order valence-corrected chi connectivity index (χ3v) is 1.61. The minimum atomic E-state index is -0.215. The van der Waals surface area contributed by atoms with E-state index in [-0.39, 0.29) is 11.5 Å². The summed E-state index contributed by atoms with van der Waals surface area (Å²) < 4.78 is 0. The molecule has 2 N–H and O–H groups in total. The first kappa shape index (κ1) is 11.9. The van der Waals surface area contributed by atoms with Crippen molar-refractivity contribution < 1.29 is 5.11 Å². The number of rotatable bonds is 4. The van der Waals surface area contributed by atoms with E-state index in [0.717, 1.165) is 6.42 Å². The summed E-state index contributed by atoms with van der Waals surface area (Å²) in [5.74, 6) is 0. The van der Waals surface area contributed by atoms with Crippen LogP contribution in [0.5, 0.6) is 0 Å². The van der Waals surface area contributed by atoms with Crippen molar-refractivity contribution in [2.45, 2.75) is 53.2 Å². The van der Waals surface area contributed by atoms with Gasteiger partial charge in [-0.3, -0.25) is 0 Å². The molecule has 0 aliphatic carbocycles. The molecule has 0 amide bonds. The monoisotopic (exact) mass is 173 g/mol. The summed E-state index contributed by atoms with van der Waals surface area (Å²) in [5.41, 5.74) is 0.220. The maximum atomic E-state index is 9.57. The highest BCUT2D eigenvalue weighted by Gasteiger charge is 2.16. The maximum absolute atomic E-state index is 9.57. The number of aliphatic hydroxyl groups excluding tert-OH is 1. The SMILES string of the molecule is CC(C)NCC(O)CC(C)(C)C. The van der Waals surface area contributed by atoms with Crippen molar-refractivity contribution in [1.29, 1.82) is 0 Å². The van der Waals surface area contributed by atoms with Crippen LogP contribution >= 0.6 is 0 Å². The lowest BCUT2D eigenvalue weighted by atomic mass is 9.89. The van der Waals surface area contributed by atoms with Crippen molar-refractivity contribution in [3.8, 4) is 0 Å². The highest BCUT2D eigenvalue weighted by Crippen LogP contribution is 2.20. The Morgan fingerprint density at radius 1 is 1.25 bits per heavy atom. The fourth-order valence-electron chi connectivity index (χ4n) is 1.15. The van der Waals surface area contributed by atoms with E-state index >= 15 is 0 Å². The molecule has 0 saturated carbocycles. The van der Waals surface area contributed by atoms with Gasteiger partial charge in [0.1, 0.15) is 0 Å². The second-order valence-corrected chi connectivity index (χ2v) is 4.98. The van der Waals surface area contributed by atoms with Crippen LogP contribution in [0.4, 0.5) is 0 Å². The van der Waals surface area contributed by atoms with Gasteiger partial charge < -0.3 is 10.4 Å². The number of hydrogen-bond acceptors (Lipinski definition) is 2. The maximum Gasteiger partial charge on any atom is 0.0669 e. The molecule has 0 aliphatic rings. The van der Waals surface area contributed by atoms with Gasteiger partial charge in [-0.1, -0.05) is 34.6 Å². The van der Waals surface area contributed by atoms with Gasteiger partial charge in [0.2, 0.25) is 0 Å². The molecule has 2 heteroatoms. The summed E-state index contributed by atoms with van der Waals surface area (Å²) in [6, 6.07) is 0.458. The molecule has 0 radical (unpaired) electrons. The second-order valence-electron chi connectivity index (χ2n) is 4.98. The van der Waals surface area contributed by atoms with Gasteiger partial charge in [-0.15, -0.1) is 0 Å². The molecule has 0 aromatic carbocycles. The van der Waals surface area contributed by atoms with Crippen molar-refractivity contribution in [3.63, 3.8) is 0 Å². The molecule has 0 rings (SSSR count). The zero-order valence-electron chi connectivity index (χ0n) is 9.02. The van der Waals surface area contributed by atoms with Gasteiger partial charge in [0, 0.05) is 12.6 Å². The van der Waals surface area contributed by atoms with Crippen molar-refractivity contribution >= 4 is 0 Å². The molecule has 0 aromatic heterocycles. The molecular formula is C10H23NO. The van der Waals surface area contributed by atoms with Crippen LogP contribution in [0.1, 0.15) is 41.0 Å². The summed E-state index contributed by atoms with van der Waals surface area (Å²) in [5, 5.41) is 12.8. The third-order valence-electron chi connectivity index (χ3n) is 1.61. The molecule has 0 bridgehead atoms. The molecule has 0 fully saturated rings. The Kier molecular flexibility index (Phi) is 4.80. The molecule has 12 heavy (non-hydrogen) atoms. The molecule has 0 heterocycles. The van der Waals surface area contributed by atoms with Crippen LogP contribution in [0.25, 0.3) is 0 Å². The predicted octanol–water partition coefficient (Wildman–Crippen LogP) is 1.78. The van der Waals surface area contributed by atoms with Gasteiger partial charge >= 0.3 is 0 Å². The van der Waals surface area contributed by atoms with E-state index < -0.39 is 0 Å². The molecule has 2 nitrogen and oxygen atoms in total. The minimum Gasteiger partial charge on any atom is -0.392 e. The molecular weight excluding hydrogens is 150 g/mol. The summed E-state index contributed by atoms with van der Waals surface area (Å²) >= 11 is 0. The number of nitrogens with one attached hydrogen (secondary N) is 1. The quantitative estimate of drug-likeness (QED) is 0.679. The zero-order valence-corrected chi connectivity index (χ0v) is 9.02. The molecule has 1 atom stereocenters. The average molecular weight is 173 g/mol.